The Labute approximate surface area is 86.8 Å². The zero-order valence-electron chi connectivity index (χ0n) is 5.39. The molecule has 0 N–H and O–H groups in total. The molecule has 0 aliphatic heterocycles. The van der Waals surface area contributed by atoms with E-state index in [1.54, 1.807) is 0 Å². The van der Waals surface area contributed by atoms with Crippen molar-refractivity contribution in [3.63, 3.8) is 0 Å². The van der Waals surface area contributed by atoms with Gasteiger partial charge in [0.1, 0.15) is 6.61 Å². The van der Waals surface area contributed by atoms with Gasteiger partial charge in [0.25, 0.3) is 0 Å². The maximum absolute atomic E-state index is 9.39. The molecule has 0 spiro atoms. The minimum Gasteiger partial charge on any atom is -1.00 e. The third-order valence-corrected chi connectivity index (χ3v) is 0.282. The zero-order valence-corrected chi connectivity index (χ0v) is 7.51. The van der Waals surface area contributed by atoms with Gasteiger partial charge in [0.05, 0.1) is 6.26 Å². The summed E-state index contributed by atoms with van der Waals surface area (Å²) in [7, 11) is 0. The van der Waals surface area contributed by atoms with Gasteiger partial charge in [0, 0.05) is 0 Å². The van der Waals surface area contributed by atoms with Crippen LogP contribution in [0.15, 0.2) is 12.8 Å². The van der Waals surface area contributed by atoms with E-state index in [4.69, 9.17) is 0 Å². The standard InChI is InChI=1S/C4H6O2.K.H/c1-2-6-4-3-5;;/h2-3H,1,4H2;;/q;+1;-1. The van der Waals surface area contributed by atoms with Crippen LogP contribution >= 0.6 is 0 Å². The first kappa shape index (κ1) is 10.8. The molecule has 0 rings (SSSR count). The molecule has 0 aromatic heterocycles. The van der Waals surface area contributed by atoms with Crippen molar-refractivity contribution in [1.29, 1.82) is 0 Å². The maximum atomic E-state index is 9.39. The van der Waals surface area contributed by atoms with Crippen molar-refractivity contribution in [3.8, 4) is 0 Å². The average Bonchev–Trinajstić information content (AvgIpc) is 1.61. The number of ether oxygens (including phenoxy) is 1. The van der Waals surface area contributed by atoms with Crippen molar-refractivity contribution >= 4 is 6.29 Å². The van der Waals surface area contributed by atoms with Gasteiger partial charge in [-0.1, -0.05) is 6.58 Å². The normalized spacial score (nSPS) is 5.71. The van der Waals surface area contributed by atoms with Gasteiger partial charge in [0.15, 0.2) is 6.29 Å². The Balaban J connectivity index is -0.000000125. The van der Waals surface area contributed by atoms with Crippen molar-refractivity contribution in [1.82, 2.24) is 0 Å². The molecule has 0 saturated heterocycles. The van der Waals surface area contributed by atoms with Crippen LogP contribution in [0.4, 0.5) is 0 Å². The third-order valence-electron chi connectivity index (χ3n) is 0.282. The molecule has 0 aromatic carbocycles. The molecule has 0 amide bonds. The van der Waals surface area contributed by atoms with Crippen LogP contribution in [0, 0.1) is 0 Å². The van der Waals surface area contributed by atoms with Gasteiger partial charge in [-0.2, -0.15) is 0 Å². The van der Waals surface area contributed by atoms with Crippen molar-refractivity contribution in [2.75, 3.05) is 6.61 Å². The van der Waals surface area contributed by atoms with E-state index in [0.717, 1.165) is 0 Å². The second kappa shape index (κ2) is 9.96. The fraction of sp³-hybridized carbons (Fsp3) is 0.250. The van der Waals surface area contributed by atoms with Gasteiger partial charge in [0.2, 0.25) is 0 Å². The van der Waals surface area contributed by atoms with Crippen LogP contribution < -0.4 is 51.4 Å². The minimum atomic E-state index is 0. The van der Waals surface area contributed by atoms with Crippen LogP contribution in [0.2, 0.25) is 0 Å². The molecule has 2 nitrogen and oxygen atoms in total. The Bertz CT molecular complexity index is 50.0. The van der Waals surface area contributed by atoms with E-state index in [1.165, 1.54) is 6.26 Å². The summed E-state index contributed by atoms with van der Waals surface area (Å²) in [6.45, 7) is 3.33. The molecule has 0 radical (unpaired) electrons. The molecule has 7 heavy (non-hydrogen) atoms. The van der Waals surface area contributed by atoms with Crippen molar-refractivity contribution in [2.45, 2.75) is 0 Å². The predicted molar refractivity (Wildman–Crippen MR) is 23.3 cm³/mol. The molecule has 36 valence electrons. The van der Waals surface area contributed by atoms with E-state index < -0.39 is 0 Å². The summed E-state index contributed by atoms with van der Waals surface area (Å²) >= 11 is 0. The number of hydrogen-bond donors (Lipinski definition) is 0. The van der Waals surface area contributed by atoms with Gasteiger partial charge in [-0.15, -0.1) is 0 Å². The molecule has 0 aliphatic rings. The van der Waals surface area contributed by atoms with Crippen LogP contribution in [0.3, 0.4) is 0 Å². The van der Waals surface area contributed by atoms with E-state index in [0.29, 0.717) is 6.29 Å². The van der Waals surface area contributed by atoms with E-state index in [1.807, 2.05) is 0 Å². The van der Waals surface area contributed by atoms with E-state index in [2.05, 4.69) is 11.3 Å². The smallest absolute Gasteiger partial charge is 1.00 e. The fourth-order valence-corrected chi connectivity index (χ4v) is 0.107. The second-order valence-corrected chi connectivity index (χ2v) is 0.667. The summed E-state index contributed by atoms with van der Waals surface area (Å²) < 4.78 is 4.38. The van der Waals surface area contributed by atoms with Crippen LogP contribution in [0.25, 0.3) is 0 Å². The Hall–Kier alpha value is 0.846. The van der Waals surface area contributed by atoms with Crippen molar-refractivity contribution in [3.05, 3.63) is 12.8 Å². The molecule has 3 heteroatoms. The maximum Gasteiger partial charge on any atom is 1.00 e. The molecular formula is C4H7KO2. The van der Waals surface area contributed by atoms with E-state index >= 15 is 0 Å². The van der Waals surface area contributed by atoms with Gasteiger partial charge in [-0.25, -0.2) is 0 Å². The summed E-state index contributed by atoms with van der Waals surface area (Å²) in [5, 5.41) is 0. The predicted octanol–water partition coefficient (Wildman–Crippen LogP) is -2.54. The molecule has 0 saturated carbocycles. The van der Waals surface area contributed by atoms with E-state index in [-0.39, 0.29) is 59.4 Å². The van der Waals surface area contributed by atoms with Crippen LogP contribution in [-0.2, 0) is 9.53 Å². The summed E-state index contributed by atoms with van der Waals surface area (Å²) in [5.41, 5.74) is 0. The van der Waals surface area contributed by atoms with Crippen LogP contribution in [-0.4, -0.2) is 12.9 Å². The fourth-order valence-electron chi connectivity index (χ4n) is 0.107. The molecule has 0 fully saturated rings. The summed E-state index contributed by atoms with van der Waals surface area (Å²) in [5.74, 6) is 0. The molecule has 0 heterocycles. The second-order valence-electron chi connectivity index (χ2n) is 0.667. The zero-order chi connectivity index (χ0) is 4.83. The van der Waals surface area contributed by atoms with Gasteiger partial charge in [-0.3, -0.25) is 4.79 Å². The Morgan fingerprint density at radius 1 is 1.86 bits per heavy atom. The molecule has 0 unspecified atom stereocenters. The number of carbonyl (C=O) groups is 1. The van der Waals surface area contributed by atoms with Gasteiger partial charge >= 0.3 is 51.4 Å². The summed E-state index contributed by atoms with van der Waals surface area (Å²) in [4.78, 5) is 9.39. The Kier molecular flexibility index (Phi) is 15.3. The molecule has 0 bridgehead atoms. The first-order valence-electron chi connectivity index (χ1n) is 1.58. The summed E-state index contributed by atoms with van der Waals surface area (Å²) in [6, 6.07) is 0. The van der Waals surface area contributed by atoms with E-state index in [9.17, 15) is 4.79 Å². The molecule has 0 aliphatic carbocycles. The average molecular weight is 126 g/mol. The molecular weight excluding hydrogens is 119 g/mol. The van der Waals surface area contributed by atoms with Gasteiger partial charge in [-0.05, 0) is 0 Å². The Morgan fingerprint density at radius 3 is 2.57 bits per heavy atom. The largest absolute Gasteiger partial charge is 1.00 e. The number of hydrogen-bond acceptors (Lipinski definition) is 2. The first-order valence-corrected chi connectivity index (χ1v) is 1.58. The minimum absolute atomic E-state index is 0. The topological polar surface area (TPSA) is 26.3 Å². The quantitative estimate of drug-likeness (QED) is 0.180. The number of aldehydes is 1. The number of rotatable bonds is 3. The monoisotopic (exact) mass is 126 g/mol. The van der Waals surface area contributed by atoms with Gasteiger partial charge < -0.3 is 6.16 Å². The van der Waals surface area contributed by atoms with Crippen LogP contribution in [0.5, 0.6) is 0 Å². The van der Waals surface area contributed by atoms with Crippen LogP contribution in [0.1, 0.15) is 1.43 Å². The van der Waals surface area contributed by atoms with Crippen molar-refractivity contribution in [2.24, 2.45) is 0 Å². The molecule has 0 aromatic rings. The van der Waals surface area contributed by atoms with Crippen molar-refractivity contribution < 1.29 is 62.3 Å². The summed E-state index contributed by atoms with van der Waals surface area (Å²) in [6.07, 6.45) is 1.90. The Morgan fingerprint density at radius 2 is 2.43 bits per heavy atom. The first-order chi connectivity index (χ1) is 2.91. The third kappa shape index (κ3) is 10.9. The number of carbonyl (C=O) groups excluding carboxylic acids is 1. The SMILES string of the molecule is C=COCC=O.[H-].[K+]. The molecule has 0 atom stereocenters.